The van der Waals surface area contributed by atoms with Crippen molar-refractivity contribution in [2.24, 2.45) is 0 Å². The van der Waals surface area contributed by atoms with Gasteiger partial charge < -0.3 is 15.3 Å². The molecule has 26 heavy (non-hydrogen) atoms. The van der Waals surface area contributed by atoms with E-state index in [1.165, 1.54) is 0 Å². The van der Waals surface area contributed by atoms with E-state index < -0.39 is 0 Å². The quantitative estimate of drug-likeness (QED) is 0.807. The molecular formula is C19H25N5O2. The van der Waals surface area contributed by atoms with Crippen LogP contribution in [-0.2, 0) is 0 Å². The number of anilines is 1. The van der Waals surface area contributed by atoms with Crippen molar-refractivity contribution >= 4 is 11.7 Å². The molecule has 0 aromatic carbocycles. The summed E-state index contributed by atoms with van der Waals surface area (Å²) >= 11 is 0. The van der Waals surface area contributed by atoms with Gasteiger partial charge in [0.25, 0.3) is 5.91 Å². The monoisotopic (exact) mass is 355 g/mol. The number of hydrogen-bond donors (Lipinski definition) is 2. The van der Waals surface area contributed by atoms with Crippen LogP contribution in [0.1, 0.15) is 28.9 Å². The van der Waals surface area contributed by atoms with Crippen LogP contribution in [0, 0.1) is 0 Å². The maximum Gasteiger partial charge on any atom is 0.255 e. The summed E-state index contributed by atoms with van der Waals surface area (Å²) in [5.41, 5.74) is 1.60. The van der Waals surface area contributed by atoms with Crippen molar-refractivity contribution in [2.45, 2.75) is 13.0 Å². The number of aliphatic hydroxyl groups excluding tert-OH is 1. The van der Waals surface area contributed by atoms with Gasteiger partial charge in [-0.1, -0.05) is 0 Å². The zero-order valence-electron chi connectivity index (χ0n) is 15.0. The van der Waals surface area contributed by atoms with E-state index in [9.17, 15) is 4.79 Å². The van der Waals surface area contributed by atoms with Crippen LogP contribution < -0.4 is 10.2 Å². The number of pyridine rings is 2. The van der Waals surface area contributed by atoms with Crippen LogP contribution in [0.5, 0.6) is 0 Å². The first-order valence-corrected chi connectivity index (χ1v) is 8.93. The fraction of sp³-hybridized carbons (Fsp3) is 0.421. The number of hydrogen-bond acceptors (Lipinski definition) is 6. The molecule has 138 valence electrons. The Morgan fingerprint density at radius 3 is 2.62 bits per heavy atom. The summed E-state index contributed by atoms with van der Waals surface area (Å²) < 4.78 is 0. The molecule has 1 saturated heterocycles. The lowest BCUT2D eigenvalue weighted by Gasteiger charge is -2.35. The number of β-amino-alcohol motifs (C(OH)–C–C–N with tert-alkyl or cyclic N) is 1. The van der Waals surface area contributed by atoms with Gasteiger partial charge in [-0.15, -0.1) is 0 Å². The SMILES string of the molecule is CC(NC(=O)c1cccnc1N1CCN(CCO)CC1)c1ccncc1. The number of amides is 1. The third-order valence-electron chi connectivity index (χ3n) is 4.67. The standard InChI is InChI=1S/C19H25N5O2/c1-15(16-4-7-20-8-5-16)22-19(26)17-3-2-6-21-18(17)24-11-9-23(10-12-24)13-14-25/h2-8,15,25H,9-14H2,1H3,(H,22,26). The molecule has 0 spiro atoms. The Morgan fingerprint density at radius 2 is 1.92 bits per heavy atom. The summed E-state index contributed by atoms with van der Waals surface area (Å²) in [6.07, 6.45) is 5.16. The smallest absolute Gasteiger partial charge is 0.255 e. The summed E-state index contributed by atoms with van der Waals surface area (Å²) in [6.45, 7) is 6.10. The Balaban J connectivity index is 1.70. The summed E-state index contributed by atoms with van der Waals surface area (Å²) in [5, 5.41) is 12.1. The zero-order chi connectivity index (χ0) is 18.4. The van der Waals surface area contributed by atoms with Crippen LogP contribution in [-0.4, -0.2) is 65.2 Å². The van der Waals surface area contributed by atoms with Gasteiger partial charge in [0.15, 0.2) is 0 Å². The summed E-state index contributed by atoms with van der Waals surface area (Å²) in [7, 11) is 0. The van der Waals surface area contributed by atoms with Gasteiger partial charge in [0.05, 0.1) is 18.2 Å². The molecule has 2 N–H and O–H groups in total. The second-order valence-electron chi connectivity index (χ2n) is 6.40. The summed E-state index contributed by atoms with van der Waals surface area (Å²) in [5.74, 6) is 0.589. The third-order valence-corrected chi connectivity index (χ3v) is 4.67. The first kappa shape index (κ1) is 18.3. The molecule has 3 heterocycles. The maximum absolute atomic E-state index is 12.8. The molecule has 0 aliphatic carbocycles. The third kappa shape index (κ3) is 4.36. The van der Waals surface area contributed by atoms with Crippen LogP contribution in [0.15, 0.2) is 42.9 Å². The van der Waals surface area contributed by atoms with Gasteiger partial charge in [0.1, 0.15) is 5.82 Å². The molecule has 1 fully saturated rings. The highest BCUT2D eigenvalue weighted by atomic mass is 16.3. The Labute approximate surface area is 153 Å². The second-order valence-corrected chi connectivity index (χ2v) is 6.40. The molecule has 1 aliphatic rings. The van der Waals surface area contributed by atoms with E-state index in [1.807, 2.05) is 25.1 Å². The Bertz CT molecular complexity index is 717. The first-order valence-electron chi connectivity index (χ1n) is 8.93. The lowest BCUT2D eigenvalue weighted by atomic mass is 10.1. The number of carbonyl (C=O) groups excluding carboxylic acids is 1. The fourth-order valence-electron chi connectivity index (χ4n) is 3.16. The predicted octanol–water partition coefficient (Wildman–Crippen LogP) is 1.08. The average Bonchev–Trinajstić information content (AvgIpc) is 2.69. The van der Waals surface area contributed by atoms with E-state index in [0.717, 1.165) is 37.6 Å². The Kier molecular flexibility index (Phi) is 6.14. The first-order chi connectivity index (χ1) is 12.7. The maximum atomic E-state index is 12.8. The highest BCUT2D eigenvalue weighted by Crippen LogP contribution is 2.20. The van der Waals surface area contributed by atoms with E-state index in [-0.39, 0.29) is 18.6 Å². The number of piperazine rings is 1. The van der Waals surface area contributed by atoms with Crippen LogP contribution >= 0.6 is 0 Å². The average molecular weight is 355 g/mol. The van der Waals surface area contributed by atoms with Gasteiger partial charge in [-0.05, 0) is 36.8 Å². The molecule has 7 nitrogen and oxygen atoms in total. The van der Waals surface area contributed by atoms with Crippen molar-refractivity contribution in [1.82, 2.24) is 20.2 Å². The molecule has 7 heteroatoms. The highest BCUT2D eigenvalue weighted by molar-refractivity contribution is 5.99. The zero-order valence-corrected chi connectivity index (χ0v) is 15.0. The van der Waals surface area contributed by atoms with Crippen molar-refractivity contribution in [3.05, 3.63) is 54.0 Å². The minimum Gasteiger partial charge on any atom is -0.395 e. The molecule has 1 amide bonds. The van der Waals surface area contributed by atoms with Gasteiger partial charge in [-0.25, -0.2) is 4.98 Å². The van der Waals surface area contributed by atoms with Crippen molar-refractivity contribution < 1.29 is 9.90 Å². The summed E-state index contributed by atoms with van der Waals surface area (Å²) in [4.78, 5) is 25.6. The molecule has 1 unspecified atom stereocenters. The molecule has 0 saturated carbocycles. The minimum atomic E-state index is -0.129. The van der Waals surface area contributed by atoms with E-state index in [1.54, 1.807) is 24.7 Å². The van der Waals surface area contributed by atoms with Crippen molar-refractivity contribution in [3.8, 4) is 0 Å². The van der Waals surface area contributed by atoms with E-state index in [0.29, 0.717) is 12.1 Å². The van der Waals surface area contributed by atoms with E-state index in [4.69, 9.17) is 5.11 Å². The van der Waals surface area contributed by atoms with Crippen LogP contribution in [0.3, 0.4) is 0 Å². The van der Waals surface area contributed by atoms with Gasteiger partial charge >= 0.3 is 0 Å². The normalized spacial score (nSPS) is 16.3. The van der Waals surface area contributed by atoms with Gasteiger partial charge in [-0.2, -0.15) is 0 Å². The molecule has 0 bridgehead atoms. The van der Waals surface area contributed by atoms with Crippen molar-refractivity contribution in [3.63, 3.8) is 0 Å². The lowest BCUT2D eigenvalue weighted by Crippen LogP contribution is -2.48. The molecular weight excluding hydrogens is 330 g/mol. The largest absolute Gasteiger partial charge is 0.395 e. The van der Waals surface area contributed by atoms with E-state index >= 15 is 0 Å². The number of aliphatic hydroxyl groups is 1. The minimum absolute atomic E-state index is 0.111. The fourth-order valence-corrected chi connectivity index (χ4v) is 3.16. The second kappa shape index (κ2) is 8.73. The summed E-state index contributed by atoms with van der Waals surface area (Å²) in [6, 6.07) is 7.29. The molecule has 3 rings (SSSR count). The van der Waals surface area contributed by atoms with E-state index in [2.05, 4.69) is 25.1 Å². The van der Waals surface area contributed by atoms with Crippen molar-refractivity contribution in [2.75, 3.05) is 44.2 Å². The Morgan fingerprint density at radius 1 is 1.19 bits per heavy atom. The Hall–Kier alpha value is -2.51. The lowest BCUT2D eigenvalue weighted by molar-refractivity contribution is 0.0940. The predicted molar refractivity (Wildman–Crippen MR) is 100 cm³/mol. The van der Waals surface area contributed by atoms with Gasteiger partial charge in [-0.3, -0.25) is 14.7 Å². The van der Waals surface area contributed by atoms with Crippen LogP contribution in [0.25, 0.3) is 0 Å². The number of nitrogens with zero attached hydrogens (tertiary/aromatic N) is 4. The number of carbonyl (C=O) groups is 1. The number of nitrogens with one attached hydrogen (secondary N) is 1. The molecule has 2 aromatic rings. The molecule has 0 radical (unpaired) electrons. The molecule has 1 atom stereocenters. The van der Waals surface area contributed by atoms with Crippen molar-refractivity contribution in [1.29, 1.82) is 0 Å². The topological polar surface area (TPSA) is 81.6 Å². The van der Waals surface area contributed by atoms with Crippen LogP contribution in [0.2, 0.25) is 0 Å². The molecule has 1 aliphatic heterocycles. The van der Waals surface area contributed by atoms with Gasteiger partial charge in [0.2, 0.25) is 0 Å². The highest BCUT2D eigenvalue weighted by Gasteiger charge is 2.23. The molecule has 2 aromatic heterocycles. The van der Waals surface area contributed by atoms with Gasteiger partial charge in [0, 0.05) is 51.3 Å². The number of aromatic nitrogens is 2. The number of rotatable bonds is 6. The van der Waals surface area contributed by atoms with Crippen LogP contribution in [0.4, 0.5) is 5.82 Å².